The third-order valence-corrected chi connectivity index (χ3v) is 2.13. The Morgan fingerprint density at radius 3 is 2.50 bits per heavy atom. The maximum absolute atomic E-state index is 2.33. The average Bonchev–Trinajstić information content (AvgIpc) is 1.77. The molecule has 1 aliphatic rings. The Labute approximate surface area is 51.6 Å². The Morgan fingerprint density at radius 1 is 1.38 bits per heavy atom. The van der Waals surface area contributed by atoms with Crippen molar-refractivity contribution in [3.05, 3.63) is 12.2 Å². The third kappa shape index (κ3) is 1.12. The molecular weight excluding hydrogens is 96.1 g/mol. The van der Waals surface area contributed by atoms with Gasteiger partial charge in [0.2, 0.25) is 0 Å². The summed E-state index contributed by atoms with van der Waals surface area (Å²) in [5.74, 6) is 1.74. The molecule has 0 amide bonds. The molecule has 0 N–H and O–H groups in total. The second-order valence-electron chi connectivity index (χ2n) is 2.84. The second-order valence-corrected chi connectivity index (χ2v) is 2.84. The van der Waals surface area contributed by atoms with E-state index < -0.39 is 0 Å². The Morgan fingerprint density at radius 2 is 2.12 bits per heavy atom. The van der Waals surface area contributed by atoms with Crippen LogP contribution in [0.15, 0.2) is 12.2 Å². The van der Waals surface area contributed by atoms with E-state index in [1.165, 1.54) is 12.8 Å². The van der Waals surface area contributed by atoms with Crippen LogP contribution in [0.4, 0.5) is 0 Å². The summed E-state index contributed by atoms with van der Waals surface area (Å²) in [6.45, 7) is 4.62. The first-order chi connectivity index (χ1) is 3.80. The molecule has 8 heavy (non-hydrogen) atoms. The van der Waals surface area contributed by atoms with E-state index in [-0.39, 0.29) is 0 Å². The van der Waals surface area contributed by atoms with Crippen LogP contribution in [0.1, 0.15) is 26.7 Å². The summed E-state index contributed by atoms with van der Waals surface area (Å²) >= 11 is 0. The molecule has 0 aromatic carbocycles. The molecule has 0 nitrogen and oxygen atoms in total. The molecule has 0 radical (unpaired) electrons. The molecule has 0 bridgehead atoms. The van der Waals surface area contributed by atoms with Crippen molar-refractivity contribution in [3.63, 3.8) is 0 Å². The van der Waals surface area contributed by atoms with Crippen molar-refractivity contribution < 1.29 is 0 Å². The van der Waals surface area contributed by atoms with Crippen LogP contribution in [0.25, 0.3) is 0 Å². The van der Waals surface area contributed by atoms with Crippen molar-refractivity contribution in [1.82, 2.24) is 0 Å². The fraction of sp³-hybridized carbons (Fsp3) is 0.750. The lowest BCUT2D eigenvalue weighted by molar-refractivity contribution is 0.413. The minimum Gasteiger partial charge on any atom is -0.0882 e. The van der Waals surface area contributed by atoms with E-state index in [1.807, 2.05) is 0 Å². The topological polar surface area (TPSA) is 0 Å². The Balaban J connectivity index is 2.47. The molecule has 1 aliphatic carbocycles. The first-order valence-corrected chi connectivity index (χ1v) is 3.47. The summed E-state index contributed by atoms with van der Waals surface area (Å²) in [6.07, 6.45) is 7.31. The van der Waals surface area contributed by atoms with Crippen molar-refractivity contribution in [2.45, 2.75) is 26.7 Å². The zero-order valence-corrected chi connectivity index (χ0v) is 5.72. The summed E-state index contributed by atoms with van der Waals surface area (Å²) in [5, 5.41) is 0. The highest BCUT2D eigenvalue weighted by Crippen LogP contribution is 2.22. The van der Waals surface area contributed by atoms with Crippen LogP contribution in [0, 0.1) is 11.8 Å². The molecular formula is C8H14. The molecule has 0 heterocycles. The lowest BCUT2D eigenvalue weighted by Gasteiger charge is -2.19. The van der Waals surface area contributed by atoms with Crippen molar-refractivity contribution in [2.24, 2.45) is 11.8 Å². The van der Waals surface area contributed by atoms with Gasteiger partial charge in [-0.2, -0.15) is 0 Å². The minimum atomic E-state index is 0.823. The van der Waals surface area contributed by atoms with Crippen molar-refractivity contribution >= 4 is 0 Å². The smallest absolute Gasteiger partial charge is 0.0236 e. The largest absolute Gasteiger partial charge is 0.0882 e. The van der Waals surface area contributed by atoms with Gasteiger partial charge < -0.3 is 0 Å². The van der Waals surface area contributed by atoms with Gasteiger partial charge in [0.1, 0.15) is 0 Å². The van der Waals surface area contributed by atoms with Gasteiger partial charge in [0.25, 0.3) is 0 Å². The molecule has 46 valence electrons. The van der Waals surface area contributed by atoms with Crippen molar-refractivity contribution in [1.29, 1.82) is 0 Å². The first kappa shape index (κ1) is 5.87. The van der Waals surface area contributed by atoms with Crippen molar-refractivity contribution in [3.8, 4) is 0 Å². The maximum Gasteiger partial charge on any atom is -0.0236 e. The maximum atomic E-state index is 2.33. The quantitative estimate of drug-likeness (QED) is 0.420. The number of allylic oxidation sites excluding steroid dienone is 2. The van der Waals surface area contributed by atoms with Crippen LogP contribution in [0.3, 0.4) is 0 Å². The molecule has 0 spiro atoms. The van der Waals surface area contributed by atoms with Gasteiger partial charge in [-0.1, -0.05) is 26.0 Å². The molecule has 0 aliphatic heterocycles. The van der Waals surface area contributed by atoms with E-state index in [4.69, 9.17) is 0 Å². The second kappa shape index (κ2) is 2.34. The van der Waals surface area contributed by atoms with E-state index in [2.05, 4.69) is 26.0 Å². The van der Waals surface area contributed by atoms with Gasteiger partial charge in [-0.15, -0.1) is 0 Å². The van der Waals surface area contributed by atoms with Crippen LogP contribution in [0.5, 0.6) is 0 Å². The average molecular weight is 110 g/mol. The van der Waals surface area contributed by atoms with Crippen LogP contribution >= 0.6 is 0 Å². The van der Waals surface area contributed by atoms with Crippen LogP contribution in [-0.4, -0.2) is 0 Å². The highest BCUT2D eigenvalue weighted by molar-refractivity contribution is 4.93. The van der Waals surface area contributed by atoms with Crippen LogP contribution < -0.4 is 0 Å². The summed E-state index contributed by atoms with van der Waals surface area (Å²) in [7, 11) is 0. The lowest BCUT2D eigenvalue weighted by atomic mass is 9.87. The Kier molecular flexibility index (Phi) is 1.72. The number of rotatable bonds is 0. The molecule has 0 aromatic heterocycles. The molecule has 0 fully saturated rings. The van der Waals surface area contributed by atoms with Crippen LogP contribution in [0.2, 0.25) is 0 Å². The third-order valence-electron chi connectivity index (χ3n) is 2.13. The van der Waals surface area contributed by atoms with E-state index in [0.717, 1.165) is 11.8 Å². The van der Waals surface area contributed by atoms with Crippen molar-refractivity contribution in [2.75, 3.05) is 0 Å². The zero-order valence-electron chi connectivity index (χ0n) is 5.72. The summed E-state index contributed by atoms with van der Waals surface area (Å²) < 4.78 is 0. The molecule has 2 atom stereocenters. The standard InChI is InChI=1S/C8H14/c1-7-5-3-4-6-8(7)2/h3,5,7-8H,4,6H2,1-2H3. The monoisotopic (exact) mass is 110 g/mol. The van der Waals surface area contributed by atoms with Gasteiger partial charge in [0, 0.05) is 0 Å². The van der Waals surface area contributed by atoms with E-state index in [1.54, 1.807) is 0 Å². The van der Waals surface area contributed by atoms with Crippen LogP contribution in [-0.2, 0) is 0 Å². The zero-order chi connectivity index (χ0) is 5.98. The van der Waals surface area contributed by atoms with Gasteiger partial charge in [-0.25, -0.2) is 0 Å². The lowest BCUT2D eigenvalue weighted by Crippen LogP contribution is -2.07. The molecule has 0 saturated heterocycles. The summed E-state index contributed by atoms with van der Waals surface area (Å²) in [6, 6.07) is 0. The fourth-order valence-corrected chi connectivity index (χ4v) is 1.12. The van der Waals surface area contributed by atoms with Gasteiger partial charge in [0.05, 0.1) is 0 Å². The highest BCUT2D eigenvalue weighted by atomic mass is 14.2. The summed E-state index contributed by atoms with van der Waals surface area (Å²) in [4.78, 5) is 0. The predicted octanol–water partition coefficient (Wildman–Crippen LogP) is 2.61. The predicted molar refractivity (Wildman–Crippen MR) is 36.7 cm³/mol. The van der Waals surface area contributed by atoms with Gasteiger partial charge in [-0.05, 0) is 24.7 Å². The normalized spacial score (nSPS) is 37.8. The first-order valence-electron chi connectivity index (χ1n) is 3.47. The van der Waals surface area contributed by atoms with E-state index >= 15 is 0 Å². The van der Waals surface area contributed by atoms with Gasteiger partial charge in [0.15, 0.2) is 0 Å². The Bertz CT molecular complexity index is 92.2. The Hall–Kier alpha value is -0.260. The fourth-order valence-electron chi connectivity index (χ4n) is 1.12. The SMILES string of the molecule is CC1C=CCCC1C. The number of hydrogen-bond donors (Lipinski definition) is 0. The van der Waals surface area contributed by atoms with Gasteiger partial charge >= 0.3 is 0 Å². The number of hydrogen-bond acceptors (Lipinski definition) is 0. The molecule has 0 aromatic rings. The molecule has 0 saturated carbocycles. The molecule has 0 heteroatoms. The minimum absolute atomic E-state index is 0.823. The molecule has 2 unspecified atom stereocenters. The molecule has 1 rings (SSSR count). The van der Waals surface area contributed by atoms with E-state index in [9.17, 15) is 0 Å². The van der Waals surface area contributed by atoms with E-state index in [0.29, 0.717) is 0 Å². The van der Waals surface area contributed by atoms with Gasteiger partial charge in [-0.3, -0.25) is 0 Å². The summed E-state index contributed by atoms with van der Waals surface area (Å²) in [5.41, 5.74) is 0. The highest BCUT2D eigenvalue weighted by Gasteiger charge is 2.10.